The SMILES string of the molecule is CCCc1c(/C=N/O)n(C)c2c(=O)[nH]c(-c3cc(S(=O)(=O)N4CCN(CCO[N+](=O)[O-])CC4)ccc3OCC)nc12.CCCc1c(C=O)n(C)c2c(=O)[nH]c(-c3cc(S(=O)(=O)N4CCN(CCO)CC4)ccc3OCC)nc12.CCCc1c(C=O)n(C)c2c(=O)[nH]c(-c3cc(S(=O)(=O)N4CCN(CCO[N+](=O)[O-])CC4)ccc3OCC)nc12. The number of β-amino-alcohol motifs (C(OH)–C–C–N with tert-alkyl or cyclic N) is 1. The minimum atomic E-state index is -3.92. The molecule has 43 heteroatoms. The van der Waals surface area contributed by atoms with Gasteiger partial charge in [-0.25, -0.2) is 40.2 Å². The molecule has 0 spiro atoms. The third kappa shape index (κ3) is 19.4. The number of oxime groups is 1. The van der Waals surface area contributed by atoms with Crippen LogP contribution in [0.5, 0.6) is 17.2 Å². The van der Waals surface area contributed by atoms with Crippen molar-refractivity contribution in [3.05, 3.63) is 140 Å². The maximum atomic E-state index is 13.6. The fourth-order valence-corrected chi connectivity index (χ4v) is 19.1. The van der Waals surface area contributed by atoms with Crippen LogP contribution in [0.3, 0.4) is 0 Å². The van der Waals surface area contributed by atoms with Crippen LogP contribution in [0.25, 0.3) is 67.3 Å². The number of H-pyrrole nitrogens is 3. The van der Waals surface area contributed by atoms with Gasteiger partial charge in [0.1, 0.15) is 81.0 Å². The molecule has 6 aromatic heterocycles. The number of carbonyl (C=O) groups is 2. The Kier molecular flexibility index (Phi) is 30.0. The van der Waals surface area contributed by atoms with Crippen molar-refractivity contribution in [3.8, 4) is 51.4 Å². The van der Waals surface area contributed by atoms with Crippen molar-refractivity contribution in [2.45, 2.75) is 94.8 Å². The summed E-state index contributed by atoms with van der Waals surface area (Å²) in [6, 6.07) is 13.4. The first kappa shape index (κ1) is 89.4. The molecule has 9 aromatic rings. The fraction of sp³-hybridized carbons (Fsp3) is 0.480. The zero-order chi connectivity index (χ0) is 85.5. The number of nitrogens with zero attached hydrogens (tertiary/aromatic N) is 15. The number of aliphatic hydroxyl groups is 1. The predicted octanol–water partition coefficient (Wildman–Crippen LogP) is 4.60. The van der Waals surface area contributed by atoms with E-state index in [0.29, 0.717) is 202 Å². The predicted molar refractivity (Wildman–Crippen MR) is 435 cm³/mol. The van der Waals surface area contributed by atoms with Gasteiger partial charge in [-0.3, -0.25) is 38.7 Å². The molecule has 40 nitrogen and oxygen atoms in total. The summed E-state index contributed by atoms with van der Waals surface area (Å²) >= 11 is 0. The Hall–Kier alpha value is -10.9. The van der Waals surface area contributed by atoms with Crippen LogP contribution in [0.1, 0.15) is 104 Å². The van der Waals surface area contributed by atoms with Crippen LogP contribution in [-0.4, -0.2) is 274 Å². The molecule has 638 valence electrons. The van der Waals surface area contributed by atoms with Gasteiger partial charge in [0.2, 0.25) is 30.1 Å². The van der Waals surface area contributed by atoms with E-state index >= 15 is 0 Å². The molecular weight excluding hydrogens is 1600 g/mol. The number of aryl methyl sites for hydroxylation is 6. The summed E-state index contributed by atoms with van der Waals surface area (Å²) in [5.41, 5.74) is 5.12. The summed E-state index contributed by atoms with van der Waals surface area (Å²) in [4.78, 5) is 121. The van der Waals surface area contributed by atoms with Crippen LogP contribution >= 0.6 is 0 Å². The van der Waals surface area contributed by atoms with Crippen LogP contribution < -0.4 is 30.9 Å². The number of nitrogens with one attached hydrogen (secondary N) is 3. The highest BCUT2D eigenvalue weighted by Gasteiger charge is 2.35. The van der Waals surface area contributed by atoms with Gasteiger partial charge in [0, 0.05) is 136 Å². The molecule has 0 aliphatic carbocycles. The largest absolute Gasteiger partial charge is 0.493 e. The lowest BCUT2D eigenvalue weighted by molar-refractivity contribution is -0.757. The van der Waals surface area contributed by atoms with E-state index in [1.807, 2.05) is 42.4 Å². The third-order valence-corrected chi connectivity index (χ3v) is 26.2. The molecule has 0 bridgehead atoms. The van der Waals surface area contributed by atoms with Gasteiger partial charge in [-0.1, -0.05) is 45.2 Å². The lowest BCUT2D eigenvalue weighted by Gasteiger charge is -2.33. The minimum absolute atomic E-state index is 0.00857. The molecule has 3 fully saturated rings. The Morgan fingerprint density at radius 1 is 0.466 bits per heavy atom. The summed E-state index contributed by atoms with van der Waals surface area (Å²) < 4.78 is 107. The molecule has 5 N–H and O–H groups in total. The number of hydrogen-bond acceptors (Lipinski definition) is 29. The van der Waals surface area contributed by atoms with Gasteiger partial charge in [0.25, 0.3) is 26.9 Å². The molecular formula is C75H98N18O22S3. The van der Waals surface area contributed by atoms with Crippen molar-refractivity contribution in [2.24, 2.45) is 26.3 Å². The van der Waals surface area contributed by atoms with Gasteiger partial charge in [-0.05, 0) is 94.6 Å². The Bertz CT molecular complexity index is 5740. The van der Waals surface area contributed by atoms with Crippen LogP contribution in [0, 0.1) is 20.2 Å². The van der Waals surface area contributed by atoms with E-state index in [1.165, 1.54) is 66.2 Å². The number of benzene rings is 3. The maximum absolute atomic E-state index is 13.6. The number of fused-ring (bicyclic) bond motifs is 3. The van der Waals surface area contributed by atoms with E-state index in [4.69, 9.17) is 34.3 Å². The van der Waals surface area contributed by atoms with Crippen molar-refractivity contribution in [1.29, 1.82) is 0 Å². The zero-order valence-corrected chi connectivity index (χ0v) is 69.5. The van der Waals surface area contributed by atoms with Crippen molar-refractivity contribution in [1.82, 2.24) is 71.2 Å². The summed E-state index contributed by atoms with van der Waals surface area (Å²) in [5.74, 6) is 1.55. The average Bonchev–Trinajstić information content (AvgIpc) is 1.54. The standard InChI is InChI=1S/C25H33N7O8S.C25H32N6O8S.C25H33N5O6S/c1-4-6-18-20(16-26-34)29(3)23-22(18)27-24(28-25(23)33)19-15-17(7-8-21(19)39-5-2)41(37,38)31-11-9-30(10-12-31)13-14-40-32(35)36;1-4-6-18-20(16-32)28(3)23-22(18)26-24(27-25(23)33)19-15-17(7-8-21(19)38-5-2)40(36,37)30-11-9-29(10-12-30)13-14-39-31(34)35;1-4-6-18-20(16-32)28(3)23-22(18)26-24(27-25(23)33)19-15-17(7-8-21(19)36-5-2)37(34,35)30-11-9-29(10-12-30)13-14-31/h7-8,15-16,34H,4-6,9-14H2,1-3H3,(H,27,28,33);7-8,15-16H,4-6,9-14H2,1-3H3,(H,26,27,33);7-8,15-16,31H,4-6,9-14H2,1-3H3,(H,26,27,33)/b26-16+;;. The number of aromatic amines is 3. The molecule has 3 aliphatic rings. The van der Waals surface area contributed by atoms with E-state index in [2.05, 4.69) is 29.8 Å². The van der Waals surface area contributed by atoms with E-state index in [0.717, 1.165) is 31.1 Å². The lowest BCUT2D eigenvalue weighted by atomic mass is 10.1. The van der Waals surface area contributed by atoms with E-state index in [1.54, 1.807) is 56.3 Å². The van der Waals surface area contributed by atoms with E-state index in [9.17, 15) is 74.7 Å². The van der Waals surface area contributed by atoms with Crippen LogP contribution in [0.2, 0.25) is 0 Å². The number of hydrogen-bond donors (Lipinski definition) is 5. The number of piperazine rings is 3. The van der Waals surface area contributed by atoms with Gasteiger partial charge in [0.15, 0.2) is 12.6 Å². The molecule has 3 aliphatic heterocycles. The summed E-state index contributed by atoms with van der Waals surface area (Å²) in [5, 5.41) is 40.5. The molecule has 3 saturated heterocycles. The number of carbonyl (C=O) groups excluding carboxylic acids is 2. The van der Waals surface area contributed by atoms with Crippen molar-refractivity contribution < 1.29 is 79.2 Å². The first-order valence-corrected chi connectivity index (χ1v) is 42.9. The normalized spacial score (nSPS) is 15.1. The molecule has 9 heterocycles. The second-order valence-electron chi connectivity index (χ2n) is 27.7. The highest BCUT2D eigenvalue weighted by atomic mass is 32.2. The first-order chi connectivity index (χ1) is 56.5. The highest BCUT2D eigenvalue weighted by Crippen LogP contribution is 2.38. The number of aromatic nitrogens is 9. The lowest BCUT2D eigenvalue weighted by Crippen LogP contribution is -2.49. The van der Waals surface area contributed by atoms with Gasteiger partial charge in [-0.2, -0.15) is 12.9 Å². The second kappa shape index (κ2) is 39.6. The number of rotatable bonds is 34. The second-order valence-corrected chi connectivity index (χ2v) is 33.5. The molecule has 118 heavy (non-hydrogen) atoms. The zero-order valence-electron chi connectivity index (χ0n) is 67.0. The van der Waals surface area contributed by atoms with Crippen LogP contribution in [-0.2, 0) is 80.2 Å². The Morgan fingerprint density at radius 2 is 0.754 bits per heavy atom. The maximum Gasteiger partial charge on any atom is 0.294 e. The smallest absolute Gasteiger partial charge is 0.294 e. The Labute approximate surface area is 678 Å². The third-order valence-electron chi connectivity index (χ3n) is 20.5. The molecule has 0 atom stereocenters. The van der Waals surface area contributed by atoms with Crippen molar-refractivity contribution >= 4 is 82.0 Å². The molecule has 0 radical (unpaired) electrons. The Balaban J connectivity index is 0.000000187. The molecule has 0 saturated carbocycles. The van der Waals surface area contributed by atoms with Crippen LogP contribution in [0.15, 0.2) is 88.8 Å². The van der Waals surface area contributed by atoms with Gasteiger partial charge < -0.3 is 62.9 Å². The van der Waals surface area contributed by atoms with Crippen LogP contribution in [0.4, 0.5) is 0 Å². The monoisotopic (exact) mass is 1700 g/mol. The molecule has 12 rings (SSSR count). The quantitative estimate of drug-likeness (QED) is 0.0121. The van der Waals surface area contributed by atoms with Crippen molar-refractivity contribution in [3.63, 3.8) is 0 Å². The highest BCUT2D eigenvalue weighted by molar-refractivity contribution is 7.89. The summed E-state index contributed by atoms with van der Waals surface area (Å²) in [7, 11) is -6.68. The number of aldehydes is 2. The fourth-order valence-electron chi connectivity index (χ4n) is 14.8. The number of ether oxygens (including phenoxy) is 3. The van der Waals surface area contributed by atoms with Crippen molar-refractivity contribution in [2.75, 3.05) is 138 Å². The summed E-state index contributed by atoms with van der Waals surface area (Å²) in [6.07, 6.45) is 6.62. The molecule has 0 unspecified atom stereocenters. The number of sulfonamides is 3. The van der Waals surface area contributed by atoms with Gasteiger partial charge in [-0.15, -0.1) is 20.2 Å². The van der Waals surface area contributed by atoms with Gasteiger partial charge in [0.05, 0.1) is 81.1 Å². The molecule has 0 amide bonds. The first-order valence-electron chi connectivity index (χ1n) is 38.6. The van der Waals surface area contributed by atoms with Gasteiger partial charge >= 0.3 is 0 Å². The summed E-state index contributed by atoms with van der Waals surface area (Å²) in [6.45, 7) is 17.3. The average molecular weight is 1700 g/mol. The minimum Gasteiger partial charge on any atom is -0.493 e. The number of aliphatic hydroxyl groups excluding tert-OH is 1. The Morgan fingerprint density at radius 3 is 1.02 bits per heavy atom. The van der Waals surface area contributed by atoms with E-state index in [-0.39, 0.29) is 89.2 Å². The topological polar surface area (TPSA) is 493 Å². The van der Waals surface area contributed by atoms with E-state index < -0.39 is 56.9 Å². The molecule has 3 aromatic carbocycles.